The normalized spacial score (nSPS) is 18.3. The van der Waals surface area contributed by atoms with Gasteiger partial charge in [-0.05, 0) is 43.9 Å². The van der Waals surface area contributed by atoms with Gasteiger partial charge in [0.1, 0.15) is 6.04 Å². The highest BCUT2D eigenvalue weighted by molar-refractivity contribution is 6.04. The first-order chi connectivity index (χ1) is 15.5. The number of allylic oxidation sites excluding steroid dienone is 3. The average molecular weight is 431 g/mol. The van der Waals surface area contributed by atoms with Crippen molar-refractivity contribution in [3.8, 4) is 0 Å². The highest BCUT2D eigenvalue weighted by Crippen LogP contribution is 2.31. The van der Waals surface area contributed by atoms with Crippen molar-refractivity contribution in [3.05, 3.63) is 95.6 Å². The van der Waals surface area contributed by atoms with Crippen LogP contribution in [0.25, 0.3) is 0 Å². The Kier molecular flexibility index (Phi) is 8.04. The summed E-state index contributed by atoms with van der Waals surface area (Å²) < 4.78 is 0. The minimum atomic E-state index is -0.494. The van der Waals surface area contributed by atoms with E-state index in [1.165, 1.54) is 4.90 Å². The quantitative estimate of drug-likeness (QED) is 0.363. The lowest BCUT2D eigenvalue weighted by molar-refractivity contribution is -0.129. The van der Waals surface area contributed by atoms with Crippen molar-refractivity contribution in [1.29, 1.82) is 0 Å². The van der Waals surface area contributed by atoms with Gasteiger partial charge in [-0.25, -0.2) is 4.79 Å². The van der Waals surface area contributed by atoms with Crippen molar-refractivity contribution in [2.75, 3.05) is 6.54 Å². The molecular formula is C28H34N2O2. The molecule has 2 unspecified atom stereocenters. The SMILES string of the molecule is C/C=C(\C=C/CC)C(CN1C(=O)N(C(C)C)C(=O)C1Cc1ccccc1)c1ccccc1. The molecule has 1 heterocycles. The second-order valence-electron chi connectivity index (χ2n) is 8.51. The van der Waals surface area contributed by atoms with Crippen LogP contribution in [0.3, 0.4) is 0 Å². The number of carbonyl (C=O) groups excluding carboxylic acids is 2. The molecule has 168 valence electrons. The number of hydrogen-bond donors (Lipinski definition) is 0. The van der Waals surface area contributed by atoms with E-state index in [4.69, 9.17) is 0 Å². The molecule has 2 atom stereocenters. The minimum Gasteiger partial charge on any atom is -0.311 e. The molecule has 1 aliphatic rings. The van der Waals surface area contributed by atoms with E-state index in [9.17, 15) is 9.59 Å². The fourth-order valence-electron chi connectivity index (χ4n) is 4.33. The van der Waals surface area contributed by atoms with Gasteiger partial charge >= 0.3 is 6.03 Å². The first-order valence-corrected chi connectivity index (χ1v) is 11.5. The lowest BCUT2D eigenvalue weighted by atomic mass is 9.89. The summed E-state index contributed by atoms with van der Waals surface area (Å²) in [5.41, 5.74) is 3.35. The number of carbonyl (C=O) groups is 2. The van der Waals surface area contributed by atoms with Gasteiger partial charge in [0, 0.05) is 24.9 Å². The lowest BCUT2D eigenvalue weighted by Crippen LogP contribution is -2.40. The number of rotatable bonds is 9. The van der Waals surface area contributed by atoms with Crippen LogP contribution in [0, 0.1) is 0 Å². The van der Waals surface area contributed by atoms with Crippen molar-refractivity contribution in [3.63, 3.8) is 0 Å². The first kappa shape index (κ1) is 23.5. The Balaban J connectivity index is 1.99. The van der Waals surface area contributed by atoms with Gasteiger partial charge in [-0.3, -0.25) is 9.69 Å². The molecule has 32 heavy (non-hydrogen) atoms. The number of hydrogen-bond acceptors (Lipinski definition) is 2. The number of urea groups is 1. The fraction of sp³-hybridized carbons (Fsp3) is 0.357. The van der Waals surface area contributed by atoms with Crippen molar-refractivity contribution in [2.45, 2.75) is 58.5 Å². The van der Waals surface area contributed by atoms with Crippen LogP contribution < -0.4 is 0 Å². The van der Waals surface area contributed by atoms with E-state index in [1.807, 2.05) is 69.3 Å². The Morgan fingerprint density at radius 1 is 1.00 bits per heavy atom. The maximum atomic E-state index is 13.4. The highest BCUT2D eigenvalue weighted by atomic mass is 16.2. The summed E-state index contributed by atoms with van der Waals surface area (Å²) >= 11 is 0. The number of imide groups is 1. The molecule has 2 aromatic carbocycles. The highest BCUT2D eigenvalue weighted by Gasteiger charge is 2.46. The van der Waals surface area contributed by atoms with E-state index >= 15 is 0 Å². The number of amides is 3. The molecule has 3 amide bonds. The Labute approximate surface area is 192 Å². The third-order valence-corrected chi connectivity index (χ3v) is 6.00. The summed E-state index contributed by atoms with van der Waals surface area (Å²) in [6.07, 6.45) is 7.86. The zero-order chi connectivity index (χ0) is 23.1. The van der Waals surface area contributed by atoms with Gasteiger partial charge in [-0.15, -0.1) is 0 Å². The first-order valence-electron chi connectivity index (χ1n) is 11.5. The molecule has 1 saturated heterocycles. The average Bonchev–Trinajstić information content (AvgIpc) is 3.03. The summed E-state index contributed by atoms with van der Waals surface area (Å²) in [7, 11) is 0. The molecule has 1 fully saturated rings. The monoisotopic (exact) mass is 430 g/mol. The van der Waals surface area contributed by atoms with Gasteiger partial charge < -0.3 is 4.90 Å². The van der Waals surface area contributed by atoms with E-state index < -0.39 is 6.04 Å². The maximum Gasteiger partial charge on any atom is 0.327 e. The summed E-state index contributed by atoms with van der Waals surface area (Å²) in [6.45, 7) is 8.40. The predicted molar refractivity (Wildman–Crippen MR) is 130 cm³/mol. The molecule has 4 heteroatoms. The van der Waals surface area contributed by atoms with Gasteiger partial charge in [0.2, 0.25) is 0 Å². The Bertz CT molecular complexity index is 963. The number of nitrogens with zero attached hydrogens (tertiary/aromatic N) is 2. The third-order valence-electron chi connectivity index (χ3n) is 6.00. The van der Waals surface area contributed by atoms with Crippen LogP contribution in [0.1, 0.15) is 51.2 Å². The summed E-state index contributed by atoms with van der Waals surface area (Å²) in [5.74, 6) is -0.113. The second-order valence-corrected chi connectivity index (χ2v) is 8.51. The third kappa shape index (κ3) is 5.18. The van der Waals surface area contributed by atoms with Gasteiger partial charge in [0.25, 0.3) is 5.91 Å². The second kappa shape index (κ2) is 10.9. The van der Waals surface area contributed by atoms with E-state index in [2.05, 4.69) is 37.3 Å². The molecule has 2 aromatic rings. The molecule has 0 bridgehead atoms. The van der Waals surface area contributed by atoms with E-state index in [1.54, 1.807) is 4.90 Å². The van der Waals surface area contributed by atoms with Crippen LogP contribution >= 0.6 is 0 Å². The zero-order valence-electron chi connectivity index (χ0n) is 19.6. The van der Waals surface area contributed by atoms with Crippen molar-refractivity contribution < 1.29 is 9.59 Å². The van der Waals surface area contributed by atoms with Crippen LogP contribution in [0.2, 0.25) is 0 Å². The van der Waals surface area contributed by atoms with Gasteiger partial charge in [-0.2, -0.15) is 0 Å². The molecule has 0 aliphatic carbocycles. The molecule has 0 N–H and O–H groups in total. The fourth-order valence-corrected chi connectivity index (χ4v) is 4.33. The standard InChI is InChI=1S/C28H34N2O2/c1-5-7-16-23(6-2)25(24-17-12-9-13-18-24)20-29-26(19-22-14-10-8-11-15-22)27(31)30(21(3)4)28(29)32/h6-18,21,25-26H,5,19-20H2,1-4H3/b16-7-,23-6+. The zero-order valence-corrected chi connectivity index (χ0v) is 19.6. The summed E-state index contributed by atoms with van der Waals surface area (Å²) in [4.78, 5) is 30.0. The molecule has 0 spiro atoms. The topological polar surface area (TPSA) is 40.6 Å². The summed E-state index contributed by atoms with van der Waals surface area (Å²) in [6, 6.07) is 19.3. The van der Waals surface area contributed by atoms with E-state index in [-0.39, 0.29) is 23.9 Å². The molecule has 3 rings (SSSR count). The van der Waals surface area contributed by atoms with Crippen LogP contribution in [-0.2, 0) is 11.2 Å². The van der Waals surface area contributed by atoms with Gasteiger partial charge in [0.15, 0.2) is 0 Å². The minimum absolute atomic E-state index is 0.00821. The Morgan fingerprint density at radius 2 is 1.62 bits per heavy atom. The Hall–Kier alpha value is -3.14. The summed E-state index contributed by atoms with van der Waals surface area (Å²) in [5, 5.41) is 0. The van der Waals surface area contributed by atoms with Crippen LogP contribution in [0.4, 0.5) is 4.79 Å². The van der Waals surface area contributed by atoms with Gasteiger partial charge in [0.05, 0.1) is 0 Å². The van der Waals surface area contributed by atoms with Crippen molar-refractivity contribution in [2.24, 2.45) is 0 Å². The van der Waals surface area contributed by atoms with Crippen molar-refractivity contribution >= 4 is 11.9 Å². The molecule has 4 nitrogen and oxygen atoms in total. The predicted octanol–water partition coefficient (Wildman–Crippen LogP) is 5.97. The largest absolute Gasteiger partial charge is 0.327 e. The molecule has 0 radical (unpaired) electrons. The molecule has 0 saturated carbocycles. The van der Waals surface area contributed by atoms with Gasteiger partial charge in [-0.1, -0.05) is 85.8 Å². The Morgan fingerprint density at radius 3 is 2.19 bits per heavy atom. The lowest BCUT2D eigenvalue weighted by Gasteiger charge is -2.29. The number of benzene rings is 2. The van der Waals surface area contributed by atoms with Crippen LogP contribution in [0.15, 0.2) is 84.5 Å². The van der Waals surface area contributed by atoms with Crippen molar-refractivity contribution in [1.82, 2.24) is 9.80 Å². The smallest absolute Gasteiger partial charge is 0.311 e. The van der Waals surface area contributed by atoms with Crippen LogP contribution in [-0.4, -0.2) is 40.4 Å². The maximum absolute atomic E-state index is 13.4. The van der Waals surface area contributed by atoms with Crippen LogP contribution in [0.5, 0.6) is 0 Å². The molecule has 1 aliphatic heterocycles. The molecular weight excluding hydrogens is 396 g/mol. The van der Waals surface area contributed by atoms with E-state index in [0.717, 1.165) is 23.1 Å². The van der Waals surface area contributed by atoms with E-state index in [0.29, 0.717) is 13.0 Å². The molecule has 0 aromatic heterocycles.